The van der Waals surface area contributed by atoms with E-state index in [1.165, 1.54) is 11.9 Å². The molecule has 8 heteroatoms. The van der Waals surface area contributed by atoms with Crippen molar-refractivity contribution >= 4 is 27.5 Å². The summed E-state index contributed by atoms with van der Waals surface area (Å²) in [6.07, 6.45) is 1.06. The van der Waals surface area contributed by atoms with Crippen LogP contribution >= 0.6 is 0 Å². The number of hydrogen-bond donors (Lipinski definition) is 1. The highest BCUT2D eigenvalue weighted by Gasteiger charge is 2.29. The molecule has 0 aliphatic heterocycles. The van der Waals surface area contributed by atoms with Crippen molar-refractivity contribution in [2.75, 3.05) is 24.2 Å². The molecule has 0 heterocycles. The topological polar surface area (TPSA) is 86.8 Å². The maximum atomic E-state index is 13.1. The van der Waals surface area contributed by atoms with E-state index in [1.807, 2.05) is 31.2 Å². The number of anilines is 1. The first-order valence-corrected chi connectivity index (χ1v) is 11.1. The predicted octanol–water partition coefficient (Wildman–Crippen LogP) is 1.92. The van der Waals surface area contributed by atoms with Gasteiger partial charge in [-0.15, -0.1) is 0 Å². The van der Waals surface area contributed by atoms with E-state index in [0.29, 0.717) is 5.69 Å². The quantitative estimate of drug-likeness (QED) is 0.711. The van der Waals surface area contributed by atoms with Gasteiger partial charge >= 0.3 is 0 Å². The zero-order valence-corrected chi connectivity index (χ0v) is 17.9. The molecule has 1 atom stereocenters. The van der Waals surface area contributed by atoms with E-state index in [2.05, 4.69) is 5.32 Å². The van der Waals surface area contributed by atoms with Gasteiger partial charge in [-0.3, -0.25) is 13.9 Å². The second-order valence-electron chi connectivity index (χ2n) is 6.90. The third-order valence-corrected chi connectivity index (χ3v) is 5.75. The highest BCUT2D eigenvalue weighted by Crippen LogP contribution is 2.18. The first kappa shape index (κ1) is 22.4. The SMILES string of the molecule is CNC(=O)[C@H](C)N(Cc1ccc(C)cc1)C(=O)CN(c1ccccc1)S(C)(=O)=O. The lowest BCUT2D eigenvalue weighted by Crippen LogP contribution is -2.50. The van der Waals surface area contributed by atoms with E-state index in [0.717, 1.165) is 21.7 Å². The molecular weight excluding hydrogens is 390 g/mol. The molecule has 0 bridgehead atoms. The van der Waals surface area contributed by atoms with Crippen LogP contribution in [0.3, 0.4) is 0 Å². The van der Waals surface area contributed by atoms with Gasteiger partial charge in [-0.05, 0) is 31.5 Å². The number of carbonyl (C=O) groups is 2. The first-order chi connectivity index (χ1) is 13.6. The van der Waals surface area contributed by atoms with E-state index in [9.17, 15) is 18.0 Å². The number of nitrogens with zero attached hydrogens (tertiary/aromatic N) is 2. The van der Waals surface area contributed by atoms with E-state index >= 15 is 0 Å². The third kappa shape index (κ3) is 6.05. The minimum absolute atomic E-state index is 0.195. The molecule has 0 aromatic heterocycles. The number of nitrogens with one attached hydrogen (secondary N) is 1. The number of sulfonamides is 1. The summed E-state index contributed by atoms with van der Waals surface area (Å²) in [5.41, 5.74) is 2.33. The number of aryl methyl sites for hydroxylation is 1. The van der Waals surface area contributed by atoms with Crippen LogP contribution in [0.5, 0.6) is 0 Å². The Morgan fingerprint density at radius 3 is 2.14 bits per heavy atom. The zero-order valence-electron chi connectivity index (χ0n) is 17.1. The molecule has 0 unspecified atom stereocenters. The molecule has 2 aromatic carbocycles. The van der Waals surface area contributed by atoms with Gasteiger partial charge in [-0.1, -0.05) is 48.0 Å². The summed E-state index contributed by atoms with van der Waals surface area (Å²) in [6, 6.07) is 15.3. The number of amides is 2. The van der Waals surface area contributed by atoms with Gasteiger partial charge in [0.1, 0.15) is 12.6 Å². The second-order valence-corrected chi connectivity index (χ2v) is 8.81. The Labute approximate surface area is 172 Å². The number of rotatable bonds is 8. The van der Waals surface area contributed by atoms with Gasteiger partial charge in [-0.2, -0.15) is 0 Å². The largest absolute Gasteiger partial charge is 0.357 e. The van der Waals surface area contributed by atoms with Gasteiger partial charge in [0.05, 0.1) is 11.9 Å². The van der Waals surface area contributed by atoms with E-state index < -0.39 is 28.5 Å². The predicted molar refractivity (Wildman–Crippen MR) is 114 cm³/mol. The highest BCUT2D eigenvalue weighted by molar-refractivity contribution is 7.92. The van der Waals surface area contributed by atoms with Crippen molar-refractivity contribution in [2.45, 2.75) is 26.4 Å². The molecule has 0 saturated heterocycles. The van der Waals surface area contributed by atoms with Gasteiger partial charge in [0, 0.05) is 13.6 Å². The van der Waals surface area contributed by atoms with Gasteiger partial charge in [0.2, 0.25) is 21.8 Å². The Kier molecular flexibility index (Phi) is 7.39. The Morgan fingerprint density at radius 1 is 1.03 bits per heavy atom. The number of benzene rings is 2. The number of likely N-dealkylation sites (N-methyl/N-ethyl adjacent to an activating group) is 1. The molecule has 29 heavy (non-hydrogen) atoms. The van der Waals surface area contributed by atoms with Crippen LogP contribution < -0.4 is 9.62 Å². The molecule has 1 N–H and O–H groups in total. The van der Waals surface area contributed by atoms with Crippen LogP contribution in [0.4, 0.5) is 5.69 Å². The van der Waals surface area contributed by atoms with E-state index in [1.54, 1.807) is 37.3 Å². The first-order valence-electron chi connectivity index (χ1n) is 9.23. The summed E-state index contributed by atoms with van der Waals surface area (Å²) in [6.45, 7) is 3.39. The maximum Gasteiger partial charge on any atom is 0.244 e. The minimum Gasteiger partial charge on any atom is -0.357 e. The van der Waals surface area contributed by atoms with Gasteiger partial charge in [0.25, 0.3) is 0 Å². The average Bonchev–Trinajstić information content (AvgIpc) is 2.70. The fourth-order valence-corrected chi connectivity index (χ4v) is 3.74. The summed E-state index contributed by atoms with van der Waals surface area (Å²) >= 11 is 0. The van der Waals surface area contributed by atoms with Crippen LogP contribution in [0.2, 0.25) is 0 Å². The molecule has 2 rings (SSSR count). The lowest BCUT2D eigenvalue weighted by atomic mass is 10.1. The number of para-hydroxylation sites is 1. The Balaban J connectivity index is 2.34. The molecule has 2 aromatic rings. The lowest BCUT2D eigenvalue weighted by molar-refractivity contribution is -0.139. The summed E-state index contributed by atoms with van der Waals surface area (Å²) < 4.78 is 25.7. The molecule has 0 aliphatic carbocycles. The van der Waals surface area contributed by atoms with Crippen LogP contribution in [0.1, 0.15) is 18.1 Å². The summed E-state index contributed by atoms with van der Waals surface area (Å²) in [7, 11) is -2.19. The van der Waals surface area contributed by atoms with Gasteiger partial charge in [0.15, 0.2) is 0 Å². The van der Waals surface area contributed by atoms with Crippen LogP contribution in [0.15, 0.2) is 54.6 Å². The Hall–Kier alpha value is -2.87. The standard InChI is InChI=1S/C21H27N3O4S/c1-16-10-12-18(13-11-16)14-23(17(2)21(26)22-3)20(25)15-24(29(4,27)28)19-8-6-5-7-9-19/h5-13,17H,14-15H2,1-4H3,(H,22,26)/t17-/m0/s1. The molecule has 7 nitrogen and oxygen atoms in total. The van der Waals surface area contributed by atoms with Crippen molar-refractivity contribution in [3.8, 4) is 0 Å². The molecule has 2 amide bonds. The zero-order chi connectivity index (χ0) is 21.6. The molecule has 0 aliphatic rings. The van der Waals surface area contributed by atoms with Crippen molar-refractivity contribution < 1.29 is 18.0 Å². The van der Waals surface area contributed by atoms with Gasteiger partial charge < -0.3 is 10.2 Å². The Morgan fingerprint density at radius 2 is 1.62 bits per heavy atom. The van der Waals surface area contributed by atoms with Crippen molar-refractivity contribution in [3.63, 3.8) is 0 Å². The summed E-state index contributed by atoms with van der Waals surface area (Å²) in [5.74, 6) is -0.785. The number of hydrogen-bond acceptors (Lipinski definition) is 4. The fraction of sp³-hybridized carbons (Fsp3) is 0.333. The van der Waals surface area contributed by atoms with E-state index in [-0.39, 0.29) is 12.5 Å². The fourth-order valence-electron chi connectivity index (χ4n) is 2.89. The van der Waals surface area contributed by atoms with Crippen molar-refractivity contribution in [1.82, 2.24) is 10.2 Å². The molecule has 0 spiro atoms. The van der Waals surface area contributed by atoms with Crippen LogP contribution in [0, 0.1) is 6.92 Å². The minimum atomic E-state index is -3.69. The van der Waals surface area contributed by atoms with Crippen molar-refractivity contribution in [1.29, 1.82) is 0 Å². The smallest absolute Gasteiger partial charge is 0.244 e. The highest BCUT2D eigenvalue weighted by atomic mass is 32.2. The van der Waals surface area contributed by atoms with Gasteiger partial charge in [-0.25, -0.2) is 8.42 Å². The summed E-state index contributed by atoms with van der Waals surface area (Å²) in [5, 5.41) is 2.55. The van der Waals surface area contributed by atoms with E-state index in [4.69, 9.17) is 0 Å². The second kappa shape index (κ2) is 9.56. The molecule has 0 fully saturated rings. The average molecular weight is 418 g/mol. The number of carbonyl (C=O) groups excluding carboxylic acids is 2. The lowest BCUT2D eigenvalue weighted by Gasteiger charge is -2.31. The third-order valence-electron chi connectivity index (χ3n) is 4.61. The molecular formula is C21H27N3O4S. The molecule has 0 radical (unpaired) electrons. The van der Waals surface area contributed by atoms with Crippen molar-refractivity contribution in [2.24, 2.45) is 0 Å². The van der Waals surface area contributed by atoms with Crippen molar-refractivity contribution in [3.05, 3.63) is 65.7 Å². The molecule has 0 saturated carbocycles. The van der Waals surface area contributed by atoms with Crippen LogP contribution in [-0.4, -0.2) is 51.0 Å². The normalized spacial score (nSPS) is 12.1. The monoisotopic (exact) mass is 417 g/mol. The molecule has 156 valence electrons. The maximum absolute atomic E-state index is 13.1. The Bertz CT molecular complexity index is 944. The summed E-state index contributed by atoms with van der Waals surface area (Å²) in [4.78, 5) is 26.8. The van der Waals surface area contributed by atoms with Crippen LogP contribution in [-0.2, 0) is 26.2 Å². The van der Waals surface area contributed by atoms with Crippen LogP contribution in [0.25, 0.3) is 0 Å².